The molecular weight excluding hydrogens is 304 g/mol. The Hall–Kier alpha value is -1.88. The van der Waals surface area contributed by atoms with Crippen LogP contribution in [0.4, 0.5) is 0 Å². The third-order valence-electron chi connectivity index (χ3n) is 3.88. The van der Waals surface area contributed by atoms with Crippen LogP contribution in [0.1, 0.15) is 57.0 Å². The maximum absolute atomic E-state index is 12.4. The zero-order chi connectivity index (χ0) is 18.3. The van der Waals surface area contributed by atoms with E-state index >= 15 is 0 Å². The van der Waals surface area contributed by atoms with Crippen molar-refractivity contribution in [3.8, 4) is 0 Å². The number of rotatable bonds is 7. The van der Waals surface area contributed by atoms with Gasteiger partial charge in [0.2, 0.25) is 5.91 Å². The highest BCUT2D eigenvalue weighted by Gasteiger charge is 2.24. The minimum Gasteiger partial charge on any atom is -0.396 e. The molecule has 0 radical (unpaired) electrons. The lowest BCUT2D eigenvalue weighted by atomic mass is 9.86. The van der Waals surface area contributed by atoms with E-state index in [0.717, 1.165) is 5.56 Å². The molecule has 0 heterocycles. The Morgan fingerprint density at radius 1 is 1.12 bits per heavy atom. The number of amides is 2. The molecule has 0 unspecified atom stereocenters. The fraction of sp³-hybridized carbons (Fsp3) is 0.579. The first-order chi connectivity index (χ1) is 11.2. The largest absolute Gasteiger partial charge is 0.396 e. The number of carbonyl (C=O) groups is 2. The summed E-state index contributed by atoms with van der Waals surface area (Å²) in [4.78, 5) is 24.6. The Morgan fingerprint density at radius 3 is 2.17 bits per heavy atom. The number of hydrogen-bond acceptors (Lipinski definition) is 3. The van der Waals surface area contributed by atoms with E-state index in [9.17, 15) is 9.59 Å². The molecule has 3 N–H and O–H groups in total. The van der Waals surface area contributed by atoms with Crippen LogP contribution in [0.3, 0.4) is 0 Å². The van der Waals surface area contributed by atoms with Gasteiger partial charge >= 0.3 is 0 Å². The molecule has 0 saturated carbocycles. The predicted molar refractivity (Wildman–Crippen MR) is 95.9 cm³/mol. The Balaban J connectivity index is 2.76. The number of hydrogen-bond donors (Lipinski definition) is 3. The SMILES string of the molecule is CC(C)[C@@H](NC(=O)c1ccc(C(C)(C)C)cc1)C(=O)NCCCO. The van der Waals surface area contributed by atoms with Crippen molar-refractivity contribution in [1.29, 1.82) is 0 Å². The maximum Gasteiger partial charge on any atom is 0.251 e. The second-order valence-electron chi connectivity index (χ2n) is 7.39. The summed E-state index contributed by atoms with van der Waals surface area (Å²) in [6.45, 7) is 10.6. The zero-order valence-electron chi connectivity index (χ0n) is 15.3. The van der Waals surface area contributed by atoms with Gasteiger partial charge in [-0.1, -0.05) is 46.8 Å². The van der Waals surface area contributed by atoms with Gasteiger partial charge in [0, 0.05) is 18.7 Å². The van der Waals surface area contributed by atoms with Crippen LogP contribution in [0.5, 0.6) is 0 Å². The summed E-state index contributed by atoms with van der Waals surface area (Å²) in [6.07, 6.45) is 0.499. The van der Waals surface area contributed by atoms with Crippen LogP contribution < -0.4 is 10.6 Å². The molecule has 0 spiro atoms. The smallest absolute Gasteiger partial charge is 0.251 e. The molecule has 5 nitrogen and oxygen atoms in total. The van der Waals surface area contributed by atoms with Crippen LogP contribution >= 0.6 is 0 Å². The van der Waals surface area contributed by atoms with Crippen LogP contribution in [0, 0.1) is 5.92 Å². The van der Waals surface area contributed by atoms with Crippen molar-refractivity contribution in [2.45, 2.75) is 52.5 Å². The van der Waals surface area contributed by atoms with E-state index in [1.165, 1.54) is 0 Å². The maximum atomic E-state index is 12.4. The summed E-state index contributed by atoms with van der Waals surface area (Å²) in [6, 6.07) is 6.87. The topological polar surface area (TPSA) is 78.4 Å². The van der Waals surface area contributed by atoms with Crippen molar-refractivity contribution >= 4 is 11.8 Å². The van der Waals surface area contributed by atoms with Gasteiger partial charge in [0.1, 0.15) is 6.04 Å². The number of benzene rings is 1. The number of nitrogens with one attached hydrogen (secondary N) is 2. The van der Waals surface area contributed by atoms with Crippen LogP contribution in [0.15, 0.2) is 24.3 Å². The summed E-state index contributed by atoms with van der Waals surface area (Å²) < 4.78 is 0. The summed E-state index contributed by atoms with van der Waals surface area (Å²) in [5.41, 5.74) is 1.72. The van der Waals surface area contributed by atoms with Crippen molar-refractivity contribution < 1.29 is 14.7 Å². The molecule has 0 bridgehead atoms. The summed E-state index contributed by atoms with van der Waals surface area (Å²) in [5.74, 6) is -0.512. The molecule has 1 aromatic carbocycles. The van der Waals surface area contributed by atoms with E-state index < -0.39 is 6.04 Å². The molecule has 24 heavy (non-hydrogen) atoms. The van der Waals surface area contributed by atoms with Gasteiger partial charge in [0.25, 0.3) is 5.91 Å². The highest BCUT2D eigenvalue weighted by Crippen LogP contribution is 2.22. The first-order valence-electron chi connectivity index (χ1n) is 8.46. The van der Waals surface area contributed by atoms with Gasteiger partial charge in [-0.25, -0.2) is 0 Å². The number of carbonyl (C=O) groups excluding carboxylic acids is 2. The molecule has 2 amide bonds. The van der Waals surface area contributed by atoms with Gasteiger partial charge in [0.15, 0.2) is 0 Å². The molecule has 0 aliphatic rings. The average Bonchev–Trinajstić information content (AvgIpc) is 2.51. The van der Waals surface area contributed by atoms with Gasteiger partial charge < -0.3 is 15.7 Å². The molecule has 5 heteroatoms. The lowest BCUT2D eigenvalue weighted by Gasteiger charge is -2.22. The monoisotopic (exact) mass is 334 g/mol. The lowest BCUT2D eigenvalue weighted by molar-refractivity contribution is -0.123. The summed E-state index contributed by atoms with van der Waals surface area (Å²) >= 11 is 0. The number of aliphatic hydroxyl groups excluding tert-OH is 1. The van der Waals surface area contributed by atoms with E-state index in [1.54, 1.807) is 12.1 Å². The standard InChI is InChI=1S/C19H30N2O3/c1-13(2)16(18(24)20-11-6-12-22)21-17(23)14-7-9-15(10-8-14)19(3,4)5/h7-10,13,16,22H,6,11-12H2,1-5H3,(H,20,24)(H,21,23)/t16-/m1/s1. The molecule has 134 valence electrons. The van der Waals surface area contributed by atoms with E-state index in [0.29, 0.717) is 18.5 Å². The van der Waals surface area contributed by atoms with Crippen LogP contribution in [0.25, 0.3) is 0 Å². The molecule has 1 rings (SSSR count). The van der Waals surface area contributed by atoms with Crippen molar-refractivity contribution in [2.24, 2.45) is 5.92 Å². The van der Waals surface area contributed by atoms with Crippen molar-refractivity contribution in [2.75, 3.05) is 13.2 Å². The van der Waals surface area contributed by atoms with Crippen LogP contribution in [0.2, 0.25) is 0 Å². The van der Waals surface area contributed by atoms with Gasteiger partial charge in [-0.2, -0.15) is 0 Å². The van der Waals surface area contributed by atoms with E-state index in [2.05, 4.69) is 31.4 Å². The Kier molecular flexibility index (Phi) is 7.42. The van der Waals surface area contributed by atoms with Gasteiger partial charge in [-0.05, 0) is 35.4 Å². The van der Waals surface area contributed by atoms with Gasteiger partial charge in [0.05, 0.1) is 0 Å². The molecule has 1 aromatic rings. The normalized spacial score (nSPS) is 12.8. The predicted octanol–water partition coefficient (Wildman–Crippen LogP) is 2.24. The molecule has 0 aliphatic carbocycles. The van der Waals surface area contributed by atoms with Crippen molar-refractivity contribution in [3.63, 3.8) is 0 Å². The molecule has 0 aliphatic heterocycles. The summed E-state index contributed by atoms with van der Waals surface area (Å²) in [7, 11) is 0. The van der Waals surface area contributed by atoms with Gasteiger partial charge in [-0.15, -0.1) is 0 Å². The fourth-order valence-electron chi connectivity index (χ4n) is 2.28. The first kappa shape index (κ1) is 20.2. The molecule has 0 saturated heterocycles. The minimum absolute atomic E-state index is 0.0269. The molecule has 0 fully saturated rings. The van der Waals surface area contributed by atoms with Crippen LogP contribution in [-0.2, 0) is 10.2 Å². The quantitative estimate of drug-likeness (QED) is 0.669. The highest BCUT2D eigenvalue weighted by molar-refractivity contribution is 5.97. The van der Waals surface area contributed by atoms with Gasteiger partial charge in [-0.3, -0.25) is 9.59 Å². The second kappa shape index (κ2) is 8.83. The third-order valence-corrected chi connectivity index (χ3v) is 3.88. The molecular formula is C19H30N2O3. The van der Waals surface area contributed by atoms with Crippen molar-refractivity contribution in [3.05, 3.63) is 35.4 Å². The van der Waals surface area contributed by atoms with E-state index in [-0.39, 0.29) is 29.8 Å². The Morgan fingerprint density at radius 2 is 1.71 bits per heavy atom. The minimum atomic E-state index is -0.599. The molecule has 1 atom stereocenters. The Bertz CT molecular complexity index is 545. The second-order valence-corrected chi connectivity index (χ2v) is 7.39. The van der Waals surface area contributed by atoms with E-state index in [4.69, 9.17) is 5.11 Å². The van der Waals surface area contributed by atoms with Crippen LogP contribution in [-0.4, -0.2) is 36.1 Å². The zero-order valence-corrected chi connectivity index (χ0v) is 15.3. The van der Waals surface area contributed by atoms with Crippen molar-refractivity contribution in [1.82, 2.24) is 10.6 Å². The lowest BCUT2D eigenvalue weighted by Crippen LogP contribution is -2.49. The Labute approximate surface area is 144 Å². The first-order valence-corrected chi connectivity index (χ1v) is 8.46. The average molecular weight is 334 g/mol. The van der Waals surface area contributed by atoms with E-state index in [1.807, 2.05) is 26.0 Å². The summed E-state index contributed by atoms with van der Waals surface area (Å²) in [5, 5.41) is 14.3. The molecule has 0 aromatic heterocycles. The fourth-order valence-corrected chi connectivity index (χ4v) is 2.28. The third kappa shape index (κ3) is 5.96. The highest BCUT2D eigenvalue weighted by atomic mass is 16.3. The number of aliphatic hydroxyl groups is 1.